The molecule has 69 heavy (non-hydrogen) atoms. The van der Waals surface area contributed by atoms with Crippen molar-refractivity contribution in [1.29, 1.82) is 0 Å². The second kappa shape index (κ2) is 15.7. The molecule has 0 bridgehead atoms. The molecule has 10 aromatic carbocycles. The van der Waals surface area contributed by atoms with E-state index in [0.29, 0.717) is 0 Å². The van der Waals surface area contributed by atoms with E-state index < -0.39 is 0 Å². The molecule has 0 aliphatic rings. The number of para-hydroxylation sites is 6. The van der Waals surface area contributed by atoms with Gasteiger partial charge >= 0.3 is 0 Å². The number of hydrogen-bond acceptors (Lipinski definition) is 2. The highest BCUT2D eigenvalue weighted by atomic mass is 15.1. The van der Waals surface area contributed by atoms with Crippen LogP contribution in [0.4, 0.5) is 0 Å². The van der Waals surface area contributed by atoms with Crippen molar-refractivity contribution in [3.63, 3.8) is 0 Å². The summed E-state index contributed by atoms with van der Waals surface area (Å²) in [5.74, 6) is 0.864. The van der Waals surface area contributed by atoms with Gasteiger partial charge in [0.1, 0.15) is 16.9 Å². The van der Waals surface area contributed by atoms with Gasteiger partial charge < -0.3 is 9.13 Å². The van der Waals surface area contributed by atoms with E-state index in [4.69, 9.17) is 9.97 Å². The SMILES string of the molecule is c1ccc(-n2c(-c3ccc(-c4ccc5c(c4)c4ccccc4n5-c4ccccc4)cc3)nc3c4ccccc4nc(-c4ccc(-c5ccc6c(c5)c5ccccc5n6-c5ccccc5)cc4)c32)cc1. The number of aromatic nitrogens is 5. The first-order chi connectivity index (χ1) is 34.2. The molecule has 14 rings (SSSR count). The first-order valence-corrected chi connectivity index (χ1v) is 23.5. The van der Waals surface area contributed by atoms with Gasteiger partial charge in [-0.05, 0) is 101 Å². The Kier molecular flexibility index (Phi) is 8.83. The fourth-order valence-corrected chi connectivity index (χ4v) is 10.6. The molecule has 0 spiro atoms. The molecule has 0 atom stereocenters. The van der Waals surface area contributed by atoms with Crippen molar-refractivity contribution in [1.82, 2.24) is 23.7 Å². The highest BCUT2D eigenvalue weighted by molar-refractivity contribution is 6.12. The van der Waals surface area contributed by atoms with Gasteiger partial charge in [0.2, 0.25) is 0 Å². The van der Waals surface area contributed by atoms with E-state index >= 15 is 0 Å². The van der Waals surface area contributed by atoms with E-state index in [2.05, 4.69) is 262 Å². The Labute approximate surface area is 398 Å². The lowest BCUT2D eigenvalue weighted by molar-refractivity contribution is 1.10. The zero-order valence-electron chi connectivity index (χ0n) is 37.4. The van der Waals surface area contributed by atoms with Crippen LogP contribution in [-0.4, -0.2) is 23.7 Å². The Hall–Kier alpha value is -9.32. The maximum atomic E-state index is 5.54. The Morgan fingerprint density at radius 2 is 0.652 bits per heavy atom. The summed E-state index contributed by atoms with van der Waals surface area (Å²) in [5, 5.41) is 5.96. The molecular weight excluding hydrogens is 839 g/mol. The summed E-state index contributed by atoms with van der Waals surface area (Å²) in [6, 6.07) is 89.0. The van der Waals surface area contributed by atoms with Crippen LogP contribution in [0.1, 0.15) is 0 Å². The van der Waals surface area contributed by atoms with E-state index in [9.17, 15) is 0 Å². The Morgan fingerprint density at radius 3 is 1.17 bits per heavy atom. The average molecular weight is 880 g/mol. The largest absolute Gasteiger partial charge is 0.309 e. The van der Waals surface area contributed by atoms with Crippen LogP contribution >= 0.6 is 0 Å². The molecule has 322 valence electrons. The minimum atomic E-state index is 0.864. The van der Waals surface area contributed by atoms with E-state index in [1.54, 1.807) is 0 Å². The van der Waals surface area contributed by atoms with Crippen LogP contribution in [0.5, 0.6) is 0 Å². The lowest BCUT2D eigenvalue weighted by Gasteiger charge is -2.14. The maximum Gasteiger partial charge on any atom is 0.145 e. The lowest BCUT2D eigenvalue weighted by atomic mass is 9.99. The molecule has 0 aliphatic carbocycles. The molecule has 4 heterocycles. The van der Waals surface area contributed by atoms with E-state index in [1.165, 1.54) is 54.7 Å². The van der Waals surface area contributed by atoms with Gasteiger partial charge in [-0.25, -0.2) is 9.97 Å². The third-order valence-corrected chi connectivity index (χ3v) is 13.8. The van der Waals surface area contributed by atoms with Crippen molar-refractivity contribution in [2.75, 3.05) is 0 Å². The summed E-state index contributed by atoms with van der Waals surface area (Å²) >= 11 is 0. The summed E-state index contributed by atoms with van der Waals surface area (Å²) in [7, 11) is 0. The number of pyridine rings is 1. The van der Waals surface area contributed by atoms with Crippen LogP contribution in [0.15, 0.2) is 249 Å². The molecule has 0 radical (unpaired) electrons. The normalized spacial score (nSPS) is 11.8. The standard InChI is InChI=1S/C64H41N5/c1-4-16-48(17-5-1)67-57-26-14-11-22-51(57)54-40-46(36-38-59(54)67)42-28-32-44(33-29-42)61-63-62(53-24-10-13-25-56(53)65-61)66-64(69(63)50-20-8-3-9-21-50)45-34-30-43(31-35-45)47-37-39-60-55(41-47)52-23-12-15-27-58(52)68(60)49-18-6-2-7-19-49/h1-41H. The second-order valence-corrected chi connectivity index (χ2v) is 17.8. The van der Waals surface area contributed by atoms with E-state index in [1.807, 2.05) is 0 Å². The van der Waals surface area contributed by atoms with Gasteiger partial charge in [0, 0.05) is 55.1 Å². The van der Waals surface area contributed by atoms with Crippen LogP contribution < -0.4 is 0 Å². The minimum Gasteiger partial charge on any atom is -0.309 e. The van der Waals surface area contributed by atoms with Gasteiger partial charge in [0.05, 0.1) is 33.3 Å². The molecule has 0 saturated carbocycles. The molecule has 0 unspecified atom stereocenters. The number of benzene rings is 10. The highest BCUT2D eigenvalue weighted by Crippen LogP contribution is 2.41. The first kappa shape index (κ1) is 38.9. The number of hydrogen-bond donors (Lipinski definition) is 0. The molecule has 0 amide bonds. The zero-order chi connectivity index (χ0) is 45.4. The zero-order valence-corrected chi connectivity index (χ0v) is 37.4. The average Bonchev–Trinajstić information content (AvgIpc) is 4.10. The van der Waals surface area contributed by atoms with Gasteiger partial charge in [0.25, 0.3) is 0 Å². The highest BCUT2D eigenvalue weighted by Gasteiger charge is 2.23. The van der Waals surface area contributed by atoms with Gasteiger partial charge in [-0.2, -0.15) is 0 Å². The minimum absolute atomic E-state index is 0.864. The molecule has 0 saturated heterocycles. The summed E-state index contributed by atoms with van der Waals surface area (Å²) in [5.41, 5.74) is 18.5. The lowest BCUT2D eigenvalue weighted by Crippen LogP contribution is -2.00. The third kappa shape index (κ3) is 6.25. The molecule has 5 nitrogen and oxygen atoms in total. The van der Waals surface area contributed by atoms with Crippen LogP contribution in [0.2, 0.25) is 0 Å². The molecule has 14 aromatic rings. The van der Waals surface area contributed by atoms with Crippen molar-refractivity contribution < 1.29 is 0 Å². The third-order valence-electron chi connectivity index (χ3n) is 13.8. The quantitative estimate of drug-likeness (QED) is 0.160. The molecule has 0 N–H and O–H groups in total. The fourth-order valence-electron chi connectivity index (χ4n) is 10.6. The van der Waals surface area contributed by atoms with Gasteiger partial charge in [-0.3, -0.25) is 4.57 Å². The Morgan fingerprint density at radius 1 is 0.261 bits per heavy atom. The Bertz CT molecular complexity index is 4260. The number of nitrogens with zero attached hydrogens (tertiary/aromatic N) is 5. The van der Waals surface area contributed by atoms with Gasteiger partial charge in [0.15, 0.2) is 0 Å². The van der Waals surface area contributed by atoms with Crippen LogP contribution in [-0.2, 0) is 0 Å². The summed E-state index contributed by atoms with van der Waals surface area (Å²) in [4.78, 5) is 11.0. The fraction of sp³-hybridized carbons (Fsp3) is 0. The van der Waals surface area contributed by atoms with Crippen molar-refractivity contribution in [3.8, 4) is 62.0 Å². The van der Waals surface area contributed by atoms with Crippen molar-refractivity contribution in [3.05, 3.63) is 249 Å². The van der Waals surface area contributed by atoms with Gasteiger partial charge in [-0.1, -0.05) is 170 Å². The molecule has 0 aliphatic heterocycles. The number of rotatable bonds is 7. The molecule has 5 heteroatoms. The van der Waals surface area contributed by atoms with Crippen molar-refractivity contribution >= 4 is 65.5 Å². The smallest absolute Gasteiger partial charge is 0.145 e. The maximum absolute atomic E-state index is 5.54. The summed E-state index contributed by atoms with van der Waals surface area (Å²) in [6.07, 6.45) is 0. The number of imidazole rings is 1. The first-order valence-electron chi connectivity index (χ1n) is 23.5. The molecule has 4 aromatic heterocycles. The number of fused-ring (bicyclic) bond motifs is 9. The van der Waals surface area contributed by atoms with Crippen molar-refractivity contribution in [2.24, 2.45) is 0 Å². The van der Waals surface area contributed by atoms with Crippen LogP contribution in [0.25, 0.3) is 128 Å². The van der Waals surface area contributed by atoms with Gasteiger partial charge in [-0.15, -0.1) is 0 Å². The summed E-state index contributed by atoms with van der Waals surface area (Å²) in [6.45, 7) is 0. The van der Waals surface area contributed by atoms with E-state index in [0.717, 1.165) is 72.8 Å². The molecular formula is C64H41N5. The monoisotopic (exact) mass is 879 g/mol. The predicted octanol–water partition coefficient (Wildman–Crippen LogP) is 16.4. The van der Waals surface area contributed by atoms with E-state index in [-0.39, 0.29) is 0 Å². The second-order valence-electron chi connectivity index (χ2n) is 17.8. The topological polar surface area (TPSA) is 40.6 Å². The van der Waals surface area contributed by atoms with Crippen LogP contribution in [0, 0.1) is 0 Å². The van der Waals surface area contributed by atoms with Crippen molar-refractivity contribution in [2.45, 2.75) is 0 Å². The van der Waals surface area contributed by atoms with Crippen LogP contribution in [0.3, 0.4) is 0 Å². The molecule has 0 fully saturated rings. The predicted molar refractivity (Wildman–Crippen MR) is 287 cm³/mol. The Balaban J connectivity index is 0.887. The summed E-state index contributed by atoms with van der Waals surface area (Å²) < 4.78 is 7.02.